The Morgan fingerprint density at radius 2 is 1.91 bits per heavy atom. The zero-order valence-corrected chi connectivity index (χ0v) is 10.9. The maximum atomic E-state index is 12.4. The average Bonchev–Trinajstić information content (AvgIpc) is 2.46. The predicted octanol–water partition coefficient (Wildman–Crippen LogP) is 3.56. The Labute approximate surface area is 122 Å². The standard InChI is InChI=1S/C14H9F2NO5/c15-14(16)22-12-4-2-1-3-9(12)8-5-6-10(13(18)19)11(7-8)17(20)21/h1-7,14H,(H,18,19). The molecule has 0 spiro atoms. The number of rotatable bonds is 5. The van der Waals surface area contributed by atoms with E-state index in [-0.39, 0.29) is 16.9 Å². The van der Waals surface area contributed by atoms with E-state index >= 15 is 0 Å². The lowest BCUT2D eigenvalue weighted by molar-refractivity contribution is -0.385. The van der Waals surface area contributed by atoms with Crippen molar-refractivity contribution in [1.82, 2.24) is 0 Å². The van der Waals surface area contributed by atoms with Crippen LogP contribution >= 0.6 is 0 Å². The zero-order valence-electron chi connectivity index (χ0n) is 10.9. The summed E-state index contributed by atoms with van der Waals surface area (Å²) in [4.78, 5) is 21.1. The van der Waals surface area contributed by atoms with Crippen LogP contribution in [0.3, 0.4) is 0 Å². The Bertz CT molecular complexity index is 733. The molecule has 0 amide bonds. The predicted molar refractivity (Wildman–Crippen MR) is 72.1 cm³/mol. The fourth-order valence-corrected chi connectivity index (χ4v) is 1.93. The van der Waals surface area contributed by atoms with Crippen molar-refractivity contribution < 1.29 is 28.3 Å². The van der Waals surface area contributed by atoms with E-state index in [1.807, 2.05) is 0 Å². The molecule has 0 bridgehead atoms. The van der Waals surface area contributed by atoms with Crippen molar-refractivity contribution in [3.63, 3.8) is 0 Å². The molecule has 0 unspecified atom stereocenters. The van der Waals surface area contributed by atoms with E-state index < -0.39 is 28.8 Å². The van der Waals surface area contributed by atoms with E-state index in [0.29, 0.717) is 0 Å². The molecule has 114 valence electrons. The van der Waals surface area contributed by atoms with Gasteiger partial charge in [0.25, 0.3) is 5.69 Å². The first-order valence-corrected chi connectivity index (χ1v) is 5.96. The van der Waals surface area contributed by atoms with Crippen LogP contribution in [0.2, 0.25) is 0 Å². The van der Waals surface area contributed by atoms with E-state index in [2.05, 4.69) is 4.74 Å². The lowest BCUT2D eigenvalue weighted by Crippen LogP contribution is -2.04. The van der Waals surface area contributed by atoms with Gasteiger partial charge in [0.1, 0.15) is 11.3 Å². The first kappa shape index (κ1) is 15.4. The van der Waals surface area contributed by atoms with Crippen LogP contribution in [0, 0.1) is 10.1 Å². The van der Waals surface area contributed by atoms with Crippen molar-refractivity contribution in [3.05, 3.63) is 58.1 Å². The molecule has 6 nitrogen and oxygen atoms in total. The van der Waals surface area contributed by atoms with Crippen LogP contribution in [0.1, 0.15) is 10.4 Å². The van der Waals surface area contributed by atoms with E-state index in [9.17, 15) is 23.7 Å². The molecule has 0 aliphatic rings. The summed E-state index contributed by atoms with van der Waals surface area (Å²) in [5, 5.41) is 19.9. The van der Waals surface area contributed by atoms with Gasteiger partial charge in [-0.25, -0.2) is 4.79 Å². The van der Waals surface area contributed by atoms with E-state index in [0.717, 1.165) is 12.1 Å². The van der Waals surface area contributed by atoms with Gasteiger partial charge in [-0.1, -0.05) is 24.3 Å². The lowest BCUT2D eigenvalue weighted by atomic mass is 10.0. The number of nitrogens with zero attached hydrogens (tertiary/aromatic N) is 1. The van der Waals surface area contributed by atoms with Crippen LogP contribution in [0.25, 0.3) is 11.1 Å². The quantitative estimate of drug-likeness (QED) is 0.673. The lowest BCUT2D eigenvalue weighted by Gasteiger charge is -2.11. The summed E-state index contributed by atoms with van der Waals surface area (Å²) in [5.41, 5.74) is -0.714. The summed E-state index contributed by atoms with van der Waals surface area (Å²) in [5.74, 6) is -1.61. The minimum absolute atomic E-state index is 0.158. The molecule has 0 fully saturated rings. The number of ether oxygens (including phenoxy) is 1. The molecule has 2 rings (SSSR count). The first-order valence-electron chi connectivity index (χ1n) is 5.96. The van der Waals surface area contributed by atoms with Crippen LogP contribution in [0.5, 0.6) is 5.75 Å². The third-order valence-corrected chi connectivity index (χ3v) is 2.84. The number of alkyl halides is 2. The molecule has 0 radical (unpaired) electrons. The van der Waals surface area contributed by atoms with Crippen LogP contribution < -0.4 is 4.74 Å². The second kappa shape index (κ2) is 6.17. The molecular weight excluding hydrogens is 300 g/mol. The number of nitro benzene ring substituents is 1. The van der Waals surface area contributed by atoms with Crippen molar-refractivity contribution >= 4 is 11.7 Å². The molecule has 0 aliphatic carbocycles. The third-order valence-electron chi connectivity index (χ3n) is 2.84. The van der Waals surface area contributed by atoms with E-state index in [1.165, 1.54) is 24.3 Å². The summed E-state index contributed by atoms with van der Waals surface area (Å²) in [6, 6.07) is 9.11. The Kier molecular flexibility index (Phi) is 4.31. The number of halogens is 2. The normalized spacial score (nSPS) is 10.5. The zero-order chi connectivity index (χ0) is 16.3. The smallest absolute Gasteiger partial charge is 0.387 e. The molecule has 0 aromatic heterocycles. The van der Waals surface area contributed by atoms with Gasteiger partial charge in [0.2, 0.25) is 0 Å². The van der Waals surface area contributed by atoms with Crippen LogP contribution in [0.15, 0.2) is 42.5 Å². The van der Waals surface area contributed by atoms with Gasteiger partial charge in [0, 0.05) is 11.6 Å². The molecule has 0 saturated carbocycles. The maximum absolute atomic E-state index is 12.4. The third kappa shape index (κ3) is 3.17. The van der Waals surface area contributed by atoms with Crippen LogP contribution in [-0.4, -0.2) is 22.6 Å². The number of carbonyl (C=O) groups is 1. The van der Waals surface area contributed by atoms with Gasteiger partial charge in [0.15, 0.2) is 0 Å². The molecular formula is C14H9F2NO5. The fourth-order valence-electron chi connectivity index (χ4n) is 1.93. The van der Waals surface area contributed by atoms with Crippen molar-refractivity contribution in [2.24, 2.45) is 0 Å². The van der Waals surface area contributed by atoms with Crippen molar-refractivity contribution in [1.29, 1.82) is 0 Å². The molecule has 2 aromatic carbocycles. The number of benzene rings is 2. The van der Waals surface area contributed by atoms with Gasteiger partial charge in [-0.05, 0) is 17.7 Å². The Morgan fingerprint density at radius 1 is 1.23 bits per heavy atom. The second-order valence-corrected chi connectivity index (χ2v) is 4.17. The second-order valence-electron chi connectivity index (χ2n) is 4.17. The van der Waals surface area contributed by atoms with Gasteiger partial charge >= 0.3 is 12.6 Å². The van der Waals surface area contributed by atoms with E-state index in [4.69, 9.17) is 5.11 Å². The molecule has 0 heterocycles. The molecule has 0 saturated heterocycles. The number of para-hydroxylation sites is 1. The SMILES string of the molecule is O=C(O)c1ccc(-c2ccccc2OC(F)F)cc1[N+](=O)[O-]. The minimum atomic E-state index is -3.05. The number of aromatic carboxylic acids is 1. The Morgan fingerprint density at radius 3 is 2.50 bits per heavy atom. The van der Waals surface area contributed by atoms with Crippen LogP contribution in [0.4, 0.5) is 14.5 Å². The molecule has 22 heavy (non-hydrogen) atoms. The summed E-state index contributed by atoms with van der Waals surface area (Å²) in [6.07, 6.45) is 0. The van der Waals surface area contributed by atoms with Crippen molar-refractivity contribution in [2.45, 2.75) is 6.61 Å². The number of carboxylic acids is 1. The Balaban J connectivity index is 2.57. The largest absolute Gasteiger partial charge is 0.477 e. The summed E-state index contributed by atoms with van der Waals surface area (Å²) in [7, 11) is 0. The number of carboxylic acid groups (broad SMARTS) is 1. The minimum Gasteiger partial charge on any atom is -0.477 e. The topological polar surface area (TPSA) is 89.7 Å². The fraction of sp³-hybridized carbons (Fsp3) is 0.0714. The molecule has 8 heteroatoms. The van der Waals surface area contributed by atoms with Crippen molar-refractivity contribution in [2.75, 3.05) is 0 Å². The average molecular weight is 309 g/mol. The van der Waals surface area contributed by atoms with Crippen molar-refractivity contribution in [3.8, 4) is 16.9 Å². The molecule has 0 atom stereocenters. The number of hydrogen-bond acceptors (Lipinski definition) is 4. The molecule has 1 N–H and O–H groups in total. The summed E-state index contributed by atoms with van der Waals surface area (Å²) in [6.45, 7) is -3.05. The highest BCUT2D eigenvalue weighted by molar-refractivity contribution is 5.93. The van der Waals surface area contributed by atoms with Gasteiger partial charge in [0.05, 0.1) is 4.92 Å². The van der Waals surface area contributed by atoms with Gasteiger partial charge in [-0.2, -0.15) is 8.78 Å². The highest BCUT2D eigenvalue weighted by Crippen LogP contribution is 2.34. The first-order chi connectivity index (χ1) is 10.4. The highest BCUT2D eigenvalue weighted by Gasteiger charge is 2.21. The number of nitro groups is 1. The number of hydrogen-bond donors (Lipinski definition) is 1. The maximum Gasteiger partial charge on any atom is 0.387 e. The summed E-state index contributed by atoms with van der Waals surface area (Å²) < 4.78 is 29.1. The summed E-state index contributed by atoms with van der Waals surface area (Å²) >= 11 is 0. The van der Waals surface area contributed by atoms with Crippen LogP contribution in [-0.2, 0) is 0 Å². The molecule has 0 aliphatic heterocycles. The molecule has 2 aromatic rings. The van der Waals surface area contributed by atoms with E-state index in [1.54, 1.807) is 6.07 Å². The van der Waals surface area contributed by atoms with Gasteiger partial charge in [-0.3, -0.25) is 10.1 Å². The van der Waals surface area contributed by atoms with Gasteiger partial charge in [-0.15, -0.1) is 0 Å². The monoisotopic (exact) mass is 309 g/mol. The highest BCUT2D eigenvalue weighted by atomic mass is 19.3. The Hall–Kier alpha value is -3.03. The van der Waals surface area contributed by atoms with Gasteiger partial charge < -0.3 is 9.84 Å².